The van der Waals surface area contributed by atoms with Crippen LogP contribution in [0.15, 0.2) is 42.6 Å². The summed E-state index contributed by atoms with van der Waals surface area (Å²) in [5.74, 6) is 0.455. The van der Waals surface area contributed by atoms with Crippen LogP contribution in [0.25, 0.3) is 0 Å². The van der Waals surface area contributed by atoms with E-state index in [-0.39, 0.29) is 11.8 Å². The summed E-state index contributed by atoms with van der Waals surface area (Å²) < 4.78 is 5.33. The number of nitrogens with one attached hydrogen (secondary N) is 1. The molecule has 2 amide bonds. The molecule has 6 nitrogen and oxygen atoms in total. The molecule has 6 heteroatoms. The predicted molar refractivity (Wildman–Crippen MR) is 110 cm³/mol. The first-order chi connectivity index (χ1) is 13.6. The Labute approximate surface area is 166 Å². The van der Waals surface area contributed by atoms with Gasteiger partial charge in [0.05, 0.1) is 7.11 Å². The van der Waals surface area contributed by atoms with E-state index in [4.69, 9.17) is 4.74 Å². The second-order valence-electron chi connectivity index (χ2n) is 6.54. The van der Waals surface area contributed by atoms with E-state index in [9.17, 15) is 9.59 Å². The lowest BCUT2D eigenvalue weighted by molar-refractivity contribution is 0.0749. The normalized spacial score (nSPS) is 10.4. The summed E-state index contributed by atoms with van der Waals surface area (Å²) in [4.78, 5) is 31.1. The Hall–Kier alpha value is -2.89. The van der Waals surface area contributed by atoms with E-state index in [1.165, 1.54) is 6.20 Å². The van der Waals surface area contributed by atoms with Gasteiger partial charge in [-0.05, 0) is 43.0 Å². The number of rotatable bonds is 10. The van der Waals surface area contributed by atoms with E-state index < -0.39 is 0 Å². The highest BCUT2D eigenvalue weighted by atomic mass is 16.5. The molecule has 0 bridgehead atoms. The number of carbonyl (C=O) groups is 2. The van der Waals surface area contributed by atoms with Gasteiger partial charge in [0.25, 0.3) is 11.8 Å². The van der Waals surface area contributed by atoms with Crippen molar-refractivity contribution in [2.45, 2.75) is 33.1 Å². The summed E-state index contributed by atoms with van der Waals surface area (Å²) >= 11 is 0. The third kappa shape index (κ3) is 5.81. The predicted octanol–water partition coefficient (Wildman–Crippen LogP) is 3.32. The summed E-state index contributed by atoms with van der Waals surface area (Å²) in [6.45, 7) is 5.92. The number of nitrogens with zero attached hydrogens (tertiary/aromatic N) is 2. The number of benzene rings is 1. The van der Waals surface area contributed by atoms with Crippen molar-refractivity contribution >= 4 is 11.8 Å². The Morgan fingerprint density at radius 1 is 1.11 bits per heavy atom. The molecule has 0 aliphatic rings. The monoisotopic (exact) mass is 383 g/mol. The van der Waals surface area contributed by atoms with Crippen LogP contribution in [0, 0.1) is 0 Å². The van der Waals surface area contributed by atoms with E-state index in [2.05, 4.69) is 10.3 Å². The van der Waals surface area contributed by atoms with Gasteiger partial charge in [-0.25, -0.2) is 0 Å². The van der Waals surface area contributed by atoms with Crippen LogP contribution in [0.2, 0.25) is 0 Å². The Bertz CT molecular complexity index is 786. The van der Waals surface area contributed by atoms with Gasteiger partial charge in [0.2, 0.25) is 0 Å². The molecule has 1 heterocycles. The minimum atomic E-state index is -0.219. The number of ether oxygens (including phenoxy) is 1. The van der Waals surface area contributed by atoms with E-state index in [1.807, 2.05) is 38.1 Å². The summed E-state index contributed by atoms with van der Waals surface area (Å²) in [7, 11) is 1.63. The molecule has 2 rings (SSSR count). The molecule has 0 unspecified atom stereocenters. The average Bonchev–Trinajstić information content (AvgIpc) is 2.73. The van der Waals surface area contributed by atoms with E-state index in [0.29, 0.717) is 37.3 Å². The second-order valence-corrected chi connectivity index (χ2v) is 6.54. The average molecular weight is 383 g/mol. The molecule has 0 fully saturated rings. The minimum absolute atomic E-state index is 0.132. The number of para-hydroxylation sites is 1. The molecule has 28 heavy (non-hydrogen) atoms. The Balaban J connectivity index is 2.00. The van der Waals surface area contributed by atoms with E-state index >= 15 is 0 Å². The summed E-state index contributed by atoms with van der Waals surface area (Å²) in [5, 5.41) is 2.90. The Morgan fingerprint density at radius 2 is 1.82 bits per heavy atom. The van der Waals surface area contributed by atoms with E-state index in [1.54, 1.807) is 24.1 Å². The standard InChI is InChI=1S/C22H29N3O3/c1-4-14-25(15-5-2)22(27)19-16-18(11-12-23-19)21(26)24-13-10-17-8-6-7-9-20(17)28-3/h6-9,11-12,16H,4-5,10,13-15H2,1-3H3,(H,24,26). The number of carbonyl (C=O) groups excluding carboxylic acids is 2. The fourth-order valence-corrected chi connectivity index (χ4v) is 3.03. The molecule has 2 aromatic rings. The fourth-order valence-electron chi connectivity index (χ4n) is 3.03. The maximum absolute atomic E-state index is 12.7. The summed E-state index contributed by atoms with van der Waals surface area (Å²) in [6.07, 6.45) is 3.94. The third-order valence-corrected chi connectivity index (χ3v) is 4.39. The lowest BCUT2D eigenvalue weighted by Gasteiger charge is -2.21. The van der Waals surface area contributed by atoms with Crippen LogP contribution < -0.4 is 10.1 Å². The fraction of sp³-hybridized carbons (Fsp3) is 0.409. The van der Waals surface area contributed by atoms with Crippen molar-refractivity contribution in [1.29, 1.82) is 0 Å². The lowest BCUT2D eigenvalue weighted by Crippen LogP contribution is -2.33. The highest BCUT2D eigenvalue weighted by Crippen LogP contribution is 2.17. The van der Waals surface area contributed by atoms with Gasteiger partial charge in [0.15, 0.2) is 0 Å². The van der Waals surface area contributed by atoms with Crippen molar-refractivity contribution in [2.75, 3.05) is 26.7 Å². The van der Waals surface area contributed by atoms with Gasteiger partial charge in [-0.2, -0.15) is 0 Å². The molecular formula is C22H29N3O3. The highest BCUT2D eigenvalue weighted by Gasteiger charge is 2.17. The first-order valence-corrected chi connectivity index (χ1v) is 9.76. The molecule has 1 N–H and O–H groups in total. The van der Waals surface area contributed by atoms with Gasteiger partial charge >= 0.3 is 0 Å². The zero-order valence-electron chi connectivity index (χ0n) is 16.9. The van der Waals surface area contributed by atoms with Gasteiger partial charge < -0.3 is 15.0 Å². The lowest BCUT2D eigenvalue weighted by atomic mass is 10.1. The maximum atomic E-state index is 12.7. The van der Waals surface area contributed by atoms with Gasteiger partial charge in [0.1, 0.15) is 11.4 Å². The molecule has 1 aromatic heterocycles. The molecule has 1 aromatic carbocycles. The molecule has 150 valence electrons. The smallest absolute Gasteiger partial charge is 0.272 e. The summed E-state index contributed by atoms with van der Waals surface area (Å²) in [6, 6.07) is 10.9. The van der Waals surface area contributed by atoms with Gasteiger partial charge in [-0.1, -0.05) is 32.0 Å². The molecule has 0 aliphatic heterocycles. The third-order valence-electron chi connectivity index (χ3n) is 4.39. The van der Waals surface area contributed by atoms with E-state index in [0.717, 1.165) is 24.2 Å². The SMILES string of the molecule is CCCN(CCC)C(=O)c1cc(C(=O)NCCc2ccccc2OC)ccn1. The van der Waals surface area contributed by atoms with Gasteiger partial charge in [-0.3, -0.25) is 14.6 Å². The first kappa shape index (κ1) is 21.4. The van der Waals surface area contributed by atoms with Crippen molar-refractivity contribution in [2.24, 2.45) is 0 Å². The summed E-state index contributed by atoms with van der Waals surface area (Å²) in [5.41, 5.74) is 1.77. The van der Waals surface area contributed by atoms with Crippen molar-refractivity contribution in [3.63, 3.8) is 0 Å². The number of hydrogen-bond acceptors (Lipinski definition) is 4. The molecule has 0 radical (unpaired) electrons. The zero-order valence-corrected chi connectivity index (χ0v) is 16.9. The zero-order chi connectivity index (χ0) is 20.4. The quantitative estimate of drug-likeness (QED) is 0.683. The van der Waals surface area contributed by atoms with Crippen LogP contribution in [0.3, 0.4) is 0 Å². The Morgan fingerprint density at radius 3 is 2.50 bits per heavy atom. The molecule has 0 saturated heterocycles. The van der Waals surface area contributed by atoms with Crippen molar-refractivity contribution in [3.05, 3.63) is 59.4 Å². The Kier molecular flexibility index (Phi) is 8.46. The van der Waals surface area contributed by atoms with Crippen LogP contribution in [0.4, 0.5) is 0 Å². The molecular weight excluding hydrogens is 354 g/mol. The second kappa shape index (κ2) is 11.1. The molecule has 0 saturated carbocycles. The number of pyridine rings is 1. The van der Waals surface area contributed by atoms with Gasteiger partial charge in [-0.15, -0.1) is 0 Å². The molecule has 0 spiro atoms. The maximum Gasteiger partial charge on any atom is 0.272 e. The number of methoxy groups -OCH3 is 1. The van der Waals surface area contributed by atoms with Crippen molar-refractivity contribution in [3.8, 4) is 5.75 Å². The largest absolute Gasteiger partial charge is 0.496 e. The minimum Gasteiger partial charge on any atom is -0.496 e. The number of hydrogen-bond donors (Lipinski definition) is 1. The van der Waals surface area contributed by atoms with Crippen molar-refractivity contribution < 1.29 is 14.3 Å². The van der Waals surface area contributed by atoms with Crippen LogP contribution in [-0.2, 0) is 6.42 Å². The molecule has 0 atom stereocenters. The first-order valence-electron chi connectivity index (χ1n) is 9.76. The topological polar surface area (TPSA) is 71.5 Å². The molecule has 0 aliphatic carbocycles. The number of amides is 2. The van der Waals surface area contributed by atoms with Gasteiger partial charge in [0, 0.05) is 31.4 Å². The van der Waals surface area contributed by atoms with Crippen molar-refractivity contribution in [1.82, 2.24) is 15.2 Å². The van der Waals surface area contributed by atoms with Crippen LogP contribution >= 0.6 is 0 Å². The highest BCUT2D eigenvalue weighted by molar-refractivity contribution is 5.98. The van der Waals surface area contributed by atoms with Crippen LogP contribution in [-0.4, -0.2) is 48.4 Å². The number of aromatic nitrogens is 1. The van der Waals surface area contributed by atoms with Crippen LogP contribution in [0.5, 0.6) is 5.75 Å². The van der Waals surface area contributed by atoms with Crippen LogP contribution in [0.1, 0.15) is 53.1 Å².